The lowest BCUT2D eigenvalue weighted by atomic mass is 9.59. The van der Waals surface area contributed by atoms with Gasteiger partial charge in [0.05, 0.1) is 0 Å². The molecule has 2 saturated carbocycles. The first-order valence-electron chi connectivity index (χ1n) is 5.74. The molecule has 3 rings (SSSR count). The van der Waals surface area contributed by atoms with E-state index < -0.39 is 0 Å². The van der Waals surface area contributed by atoms with E-state index in [1.807, 2.05) is 0 Å². The van der Waals surface area contributed by atoms with Gasteiger partial charge in [-0.05, 0) is 43.4 Å². The van der Waals surface area contributed by atoms with Crippen molar-refractivity contribution in [3.05, 3.63) is 23.8 Å². The van der Waals surface area contributed by atoms with E-state index in [0.717, 1.165) is 11.3 Å². The van der Waals surface area contributed by atoms with E-state index in [1.165, 1.54) is 44.9 Å². The highest BCUT2D eigenvalue weighted by atomic mass is 14.5. The summed E-state index contributed by atoms with van der Waals surface area (Å²) in [7, 11) is 0. The molecule has 0 nitrogen and oxygen atoms in total. The molecule has 0 bridgehead atoms. The molecule has 0 radical (unpaired) electrons. The molecule has 2 fully saturated rings. The highest BCUT2D eigenvalue weighted by molar-refractivity contribution is 5.27. The van der Waals surface area contributed by atoms with Gasteiger partial charge in [0.15, 0.2) is 0 Å². The van der Waals surface area contributed by atoms with Gasteiger partial charge in [0.1, 0.15) is 0 Å². The summed E-state index contributed by atoms with van der Waals surface area (Å²) in [5.74, 6) is 0.966. The van der Waals surface area contributed by atoms with Gasteiger partial charge in [-0.3, -0.25) is 0 Å². The van der Waals surface area contributed by atoms with Gasteiger partial charge in [-0.1, -0.05) is 36.6 Å². The van der Waals surface area contributed by atoms with Crippen LogP contribution in [0.1, 0.15) is 44.9 Å². The summed E-state index contributed by atoms with van der Waals surface area (Å²) in [6, 6.07) is 0. The van der Waals surface area contributed by atoms with E-state index in [9.17, 15) is 0 Å². The number of rotatable bonds is 1. The van der Waals surface area contributed by atoms with Gasteiger partial charge in [0, 0.05) is 0 Å². The number of hydrogen-bond donors (Lipinski definition) is 0. The molecule has 0 aromatic rings. The third kappa shape index (κ3) is 1.19. The molecule has 0 atom stereocenters. The Balaban J connectivity index is 1.62. The summed E-state index contributed by atoms with van der Waals surface area (Å²) < 4.78 is 0. The average molecular weight is 174 g/mol. The Bertz CT molecular complexity index is 256. The van der Waals surface area contributed by atoms with Crippen molar-refractivity contribution in [3.63, 3.8) is 0 Å². The van der Waals surface area contributed by atoms with E-state index in [0.29, 0.717) is 0 Å². The third-order valence-corrected chi connectivity index (χ3v) is 4.35. The molecular weight excluding hydrogens is 156 g/mol. The molecule has 0 N–H and O–H groups in total. The summed E-state index contributed by atoms with van der Waals surface area (Å²) in [5.41, 5.74) is 2.55. The minimum Gasteiger partial charge on any atom is -0.0805 e. The summed E-state index contributed by atoms with van der Waals surface area (Å²) in [6.45, 7) is 0. The molecule has 0 aromatic carbocycles. The fourth-order valence-corrected chi connectivity index (χ4v) is 3.55. The second-order valence-electron chi connectivity index (χ2n) is 5.19. The third-order valence-electron chi connectivity index (χ3n) is 4.35. The fourth-order valence-electron chi connectivity index (χ4n) is 3.55. The Morgan fingerprint density at radius 1 is 1.15 bits per heavy atom. The fraction of sp³-hybridized carbons (Fsp3) is 0.692. The van der Waals surface area contributed by atoms with Gasteiger partial charge in [-0.15, -0.1) is 0 Å². The van der Waals surface area contributed by atoms with Crippen LogP contribution >= 0.6 is 0 Å². The monoisotopic (exact) mass is 174 g/mol. The molecule has 13 heavy (non-hydrogen) atoms. The Morgan fingerprint density at radius 3 is 2.54 bits per heavy atom. The first-order valence-corrected chi connectivity index (χ1v) is 5.74. The van der Waals surface area contributed by atoms with E-state index in [-0.39, 0.29) is 0 Å². The van der Waals surface area contributed by atoms with Crippen LogP contribution < -0.4 is 0 Å². The average Bonchev–Trinajstić information content (AvgIpc) is 2.72. The first kappa shape index (κ1) is 7.84. The predicted molar refractivity (Wildman–Crippen MR) is 55.5 cm³/mol. The quantitative estimate of drug-likeness (QED) is 0.566. The SMILES string of the molecule is C1=CCC(C2CC3(CCCC3)C2)=C1. The van der Waals surface area contributed by atoms with E-state index in [4.69, 9.17) is 0 Å². The van der Waals surface area contributed by atoms with Crippen LogP contribution in [0.25, 0.3) is 0 Å². The predicted octanol–water partition coefficient (Wildman–Crippen LogP) is 3.84. The van der Waals surface area contributed by atoms with Crippen LogP contribution in [0.2, 0.25) is 0 Å². The molecule has 0 unspecified atom stereocenters. The largest absolute Gasteiger partial charge is 0.0805 e. The van der Waals surface area contributed by atoms with E-state index in [2.05, 4.69) is 18.2 Å². The Kier molecular flexibility index (Phi) is 1.65. The van der Waals surface area contributed by atoms with Crippen molar-refractivity contribution in [2.75, 3.05) is 0 Å². The Hall–Kier alpha value is -0.520. The zero-order valence-electron chi connectivity index (χ0n) is 8.26. The van der Waals surface area contributed by atoms with Crippen LogP contribution in [-0.2, 0) is 0 Å². The molecule has 1 spiro atoms. The van der Waals surface area contributed by atoms with Gasteiger partial charge in [0.2, 0.25) is 0 Å². The normalized spacial score (nSPS) is 30.9. The topological polar surface area (TPSA) is 0 Å². The second kappa shape index (κ2) is 2.73. The van der Waals surface area contributed by atoms with Crippen molar-refractivity contribution in [1.82, 2.24) is 0 Å². The van der Waals surface area contributed by atoms with Crippen LogP contribution in [0.4, 0.5) is 0 Å². The second-order valence-corrected chi connectivity index (χ2v) is 5.19. The minimum atomic E-state index is 0.827. The highest BCUT2D eigenvalue weighted by Gasteiger charge is 2.46. The van der Waals surface area contributed by atoms with Gasteiger partial charge in [-0.25, -0.2) is 0 Å². The molecule has 3 aliphatic carbocycles. The molecule has 0 saturated heterocycles. The van der Waals surface area contributed by atoms with Gasteiger partial charge in [-0.2, -0.15) is 0 Å². The van der Waals surface area contributed by atoms with Crippen LogP contribution in [0, 0.1) is 11.3 Å². The Morgan fingerprint density at radius 2 is 1.92 bits per heavy atom. The lowest BCUT2D eigenvalue weighted by molar-refractivity contribution is 0.0840. The molecule has 70 valence electrons. The summed E-state index contributed by atoms with van der Waals surface area (Å²) in [4.78, 5) is 0. The molecule has 0 aliphatic heterocycles. The first-order chi connectivity index (χ1) is 6.38. The van der Waals surface area contributed by atoms with E-state index >= 15 is 0 Å². The van der Waals surface area contributed by atoms with Crippen molar-refractivity contribution in [1.29, 1.82) is 0 Å². The minimum absolute atomic E-state index is 0.827. The number of hydrogen-bond acceptors (Lipinski definition) is 0. The molecular formula is C13H18. The zero-order valence-corrected chi connectivity index (χ0v) is 8.26. The summed E-state index contributed by atoms with van der Waals surface area (Å²) >= 11 is 0. The zero-order chi connectivity index (χ0) is 8.73. The van der Waals surface area contributed by atoms with Crippen molar-refractivity contribution < 1.29 is 0 Å². The summed E-state index contributed by atoms with van der Waals surface area (Å²) in [6.07, 6.45) is 17.2. The molecule has 0 aromatic heterocycles. The van der Waals surface area contributed by atoms with Crippen molar-refractivity contribution >= 4 is 0 Å². The van der Waals surface area contributed by atoms with Crippen molar-refractivity contribution in [3.8, 4) is 0 Å². The number of allylic oxidation sites excluding steroid dienone is 4. The standard InChI is InChI=1S/C13H18/c1-2-6-11(5-1)12-9-13(10-12)7-3-4-8-13/h1-2,5,12H,3-4,6-10H2. The maximum absolute atomic E-state index is 2.35. The molecule has 0 heteroatoms. The molecule has 0 heterocycles. The van der Waals surface area contributed by atoms with Crippen molar-refractivity contribution in [2.45, 2.75) is 44.9 Å². The lowest BCUT2D eigenvalue weighted by Crippen LogP contribution is -2.35. The maximum atomic E-state index is 2.35. The smallest absolute Gasteiger partial charge is 0.0130 e. The Labute approximate surface area is 80.7 Å². The lowest BCUT2D eigenvalue weighted by Gasteiger charge is -2.46. The van der Waals surface area contributed by atoms with Crippen molar-refractivity contribution in [2.24, 2.45) is 11.3 Å². The van der Waals surface area contributed by atoms with E-state index in [1.54, 1.807) is 5.57 Å². The molecule has 0 amide bonds. The van der Waals surface area contributed by atoms with Crippen LogP contribution in [0.15, 0.2) is 23.8 Å². The molecule has 3 aliphatic rings. The van der Waals surface area contributed by atoms with Crippen LogP contribution in [0.5, 0.6) is 0 Å². The van der Waals surface area contributed by atoms with Gasteiger partial charge >= 0.3 is 0 Å². The van der Waals surface area contributed by atoms with Gasteiger partial charge in [0.25, 0.3) is 0 Å². The highest BCUT2D eigenvalue weighted by Crippen LogP contribution is 2.58. The van der Waals surface area contributed by atoms with Crippen LogP contribution in [0.3, 0.4) is 0 Å². The maximum Gasteiger partial charge on any atom is -0.0130 e. The van der Waals surface area contributed by atoms with Crippen LogP contribution in [-0.4, -0.2) is 0 Å². The summed E-state index contributed by atoms with van der Waals surface area (Å²) in [5, 5.41) is 0. The van der Waals surface area contributed by atoms with Gasteiger partial charge < -0.3 is 0 Å².